The predicted molar refractivity (Wildman–Crippen MR) is 73.4 cm³/mol. The molecule has 8 heteroatoms. The largest absolute Gasteiger partial charge is 0.434 e. The third kappa shape index (κ3) is 4.12. The molecule has 1 aromatic heterocycles. The smallest absolute Gasteiger partial charge is 0.242 e. The molecule has 0 unspecified atom stereocenters. The molecule has 0 amide bonds. The van der Waals surface area contributed by atoms with Gasteiger partial charge in [-0.3, -0.25) is 0 Å². The van der Waals surface area contributed by atoms with E-state index in [1.165, 1.54) is 0 Å². The van der Waals surface area contributed by atoms with Crippen LogP contribution in [-0.4, -0.2) is 9.18 Å². The van der Waals surface area contributed by atoms with Gasteiger partial charge >= 0.3 is 6.18 Å². The Labute approximate surface area is 124 Å². The van der Waals surface area contributed by atoms with Crippen LogP contribution in [0, 0.1) is 5.92 Å². The van der Waals surface area contributed by atoms with Gasteiger partial charge in [0.2, 0.25) is 0 Å². The molecule has 20 heavy (non-hydrogen) atoms. The minimum Gasteiger partial charge on any atom is -0.242 e. The number of nitrogens with zero attached hydrogens (tertiary/aromatic N) is 1. The van der Waals surface area contributed by atoms with Crippen LogP contribution in [-0.2, 0) is 12.6 Å². The molecule has 0 aliphatic carbocycles. The number of pyridine rings is 1. The molecule has 0 bridgehead atoms. The van der Waals surface area contributed by atoms with Crippen molar-refractivity contribution in [3.05, 3.63) is 28.6 Å². The summed E-state index contributed by atoms with van der Waals surface area (Å²) in [5, 5.41) is 0. The maximum Gasteiger partial charge on any atom is 0.434 e. The van der Waals surface area contributed by atoms with E-state index in [-0.39, 0.29) is 27.7 Å². The molecule has 0 saturated heterocycles. The van der Waals surface area contributed by atoms with E-state index < -0.39 is 24.0 Å². The Morgan fingerprint density at radius 2 is 1.90 bits per heavy atom. The van der Waals surface area contributed by atoms with E-state index in [2.05, 4.69) is 17.6 Å². The van der Waals surface area contributed by atoms with Gasteiger partial charge in [0.25, 0.3) is 6.43 Å². The summed E-state index contributed by atoms with van der Waals surface area (Å²) in [4.78, 5) is 3.02. The molecular weight excluding hydrogens is 317 g/mol. The SMILES string of the molecule is CC(C)Cc1cc(C(F)F)nc(C(F)(F)F)c1C(=S)S. The first-order valence-electron chi connectivity index (χ1n) is 5.66. The Morgan fingerprint density at radius 3 is 2.25 bits per heavy atom. The lowest BCUT2D eigenvalue weighted by molar-refractivity contribution is -0.141. The standard InChI is InChI=1S/C12H12F5NS2/c1-5(2)3-6-4-7(10(13)14)18-9(12(15,16)17)8(6)11(19)20/h4-5,10H,3H2,1-2H3,(H,19,20). The van der Waals surface area contributed by atoms with Crippen LogP contribution in [0.15, 0.2) is 6.07 Å². The maximum absolute atomic E-state index is 13.0. The Hall–Kier alpha value is -0.760. The molecule has 0 N–H and O–H groups in total. The molecule has 0 aliphatic rings. The van der Waals surface area contributed by atoms with Crippen molar-refractivity contribution in [2.75, 3.05) is 0 Å². The fourth-order valence-corrected chi connectivity index (χ4v) is 2.25. The summed E-state index contributed by atoms with van der Waals surface area (Å²) in [5.74, 6) is -0.0227. The van der Waals surface area contributed by atoms with Crippen LogP contribution in [0.25, 0.3) is 0 Å². The number of thiocarbonyl (C=S) groups is 1. The van der Waals surface area contributed by atoms with Crippen LogP contribution in [0.2, 0.25) is 0 Å². The minimum absolute atomic E-state index is 0.0227. The lowest BCUT2D eigenvalue weighted by Gasteiger charge is -2.18. The Morgan fingerprint density at radius 1 is 1.35 bits per heavy atom. The highest BCUT2D eigenvalue weighted by Crippen LogP contribution is 2.35. The lowest BCUT2D eigenvalue weighted by atomic mass is 9.97. The van der Waals surface area contributed by atoms with Gasteiger partial charge in [0, 0.05) is 5.56 Å². The average Bonchev–Trinajstić information content (AvgIpc) is 2.25. The second-order valence-electron chi connectivity index (χ2n) is 4.63. The first-order chi connectivity index (χ1) is 9.04. The summed E-state index contributed by atoms with van der Waals surface area (Å²) in [6.45, 7) is 3.53. The number of thiol groups is 1. The molecule has 1 nitrogen and oxygen atoms in total. The highest BCUT2D eigenvalue weighted by molar-refractivity contribution is 8.11. The quantitative estimate of drug-likeness (QED) is 0.482. The molecule has 0 aliphatic heterocycles. The first kappa shape index (κ1) is 17.3. The third-order valence-corrected chi connectivity index (χ3v) is 2.88. The monoisotopic (exact) mass is 329 g/mol. The van der Waals surface area contributed by atoms with Gasteiger partial charge in [-0.1, -0.05) is 26.1 Å². The van der Waals surface area contributed by atoms with Gasteiger partial charge in [0.15, 0.2) is 5.69 Å². The summed E-state index contributed by atoms with van der Waals surface area (Å²) >= 11 is 8.48. The van der Waals surface area contributed by atoms with Crippen LogP contribution in [0.4, 0.5) is 22.0 Å². The summed E-state index contributed by atoms with van der Waals surface area (Å²) in [6, 6.07) is 0.970. The van der Waals surface area contributed by atoms with Gasteiger partial charge in [0.05, 0.1) is 4.20 Å². The molecule has 1 rings (SSSR count). The molecule has 0 fully saturated rings. The van der Waals surface area contributed by atoms with Crippen molar-refractivity contribution < 1.29 is 22.0 Å². The number of aromatic nitrogens is 1. The van der Waals surface area contributed by atoms with Crippen molar-refractivity contribution in [2.24, 2.45) is 5.92 Å². The second-order valence-corrected chi connectivity index (χ2v) is 5.79. The molecule has 1 heterocycles. The van der Waals surface area contributed by atoms with Gasteiger partial charge < -0.3 is 0 Å². The highest BCUT2D eigenvalue weighted by atomic mass is 32.1. The van der Waals surface area contributed by atoms with Gasteiger partial charge in [0.1, 0.15) is 5.69 Å². The van der Waals surface area contributed by atoms with Crippen LogP contribution in [0.3, 0.4) is 0 Å². The van der Waals surface area contributed by atoms with Gasteiger partial charge in [-0.2, -0.15) is 13.2 Å². The zero-order valence-corrected chi connectivity index (χ0v) is 12.3. The number of hydrogen-bond donors (Lipinski definition) is 1. The average molecular weight is 329 g/mol. The summed E-state index contributed by atoms with van der Waals surface area (Å²) < 4.78 is 64.0. The summed E-state index contributed by atoms with van der Waals surface area (Å²) in [5.41, 5.74) is -2.58. The van der Waals surface area contributed by atoms with E-state index in [1.54, 1.807) is 13.8 Å². The Kier molecular flexibility index (Phi) is 5.48. The molecule has 0 radical (unpaired) electrons. The van der Waals surface area contributed by atoms with Crippen LogP contribution < -0.4 is 0 Å². The van der Waals surface area contributed by atoms with Crippen LogP contribution >= 0.6 is 24.8 Å². The number of hydrogen-bond acceptors (Lipinski definition) is 2. The number of rotatable bonds is 4. The zero-order valence-electron chi connectivity index (χ0n) is 10.6. The zero-order chi connectivity index (χ0) is 15.7. The molecule has 0 atom stereocenters. The molecular formula is C12H12F5NS2. The second kappa shape index (κ2) is 6.34. The van der Waals surface area contributed by atoms with E-state index in [0.29, 0.717) is 0 Å². The highest BCUT2D eigenvalue weighted by Gasteiger charge is 2.38. The number of alkyl halides is 5. The normalized spacial score (nSPS) is 12.3. The molecule has 0 saturated carbocycles. The fraction of sp³-hybridized carbons (Fsp3) is 0.500. The lowest BCUT2D eigenvalue weighted by Crippen LogP contribution is -2.18. The van der Waals surface area contributed by atoms with Crippen LogP contribution in [0.5, 0.6) is 0 Å². The topological polar surface area (TPSA) is 12.9 Å². The molecule has 1 aromatic rings. The van der Waals surface area contributed by atoms with E-state index in [4.69, 9.17) is 12.2 Å². The summed E-state index contributed by atoms with van der Waals surface area (Å²) in [6.07, 6.45) is -7.76. The minimum atomic E-state index is -4.86. The van der Waals surface area contributed by atoms with E-state index >= 15 is 0 Å². The van der Waals surface area contributed by atoms with E-state index in [1.807, 2.05) is 0 Å². The van der Waals surface area contributed by atoms with Gasteiger partial charge in [-0.05, 0) is 24.0 Å². The van der Waals surface area contributed by atoms with Crippen molar-refractivity contribution >= 4 is 29.0 Å². The first-order valence-corrected chi connectivity index (χ1v) is 6.52. The Bertz CT molecular complexity index is 511. The van der Waals surface area contributed by atoms with Crippen molar-refractivity contribution in [3.63, 3.8) is 0 Å². The maximum atomic E-state index is 13.0. The van der Waals surface area contributed by atoms with Gasteiger partial charge in [-0.25, -0.2) is 13.8 Å². The molecule has 0 spiro atoms. The van der Waals surface area contributed by atoms with Crippen LogP contribution in [0.1, 0.15) is 42.8 Å². The third-order valence-electron chi connectivity index (χ3n) is 2.46. The number of halogens is 5. The van der Waals surface area contributed by atoms with Crippen molar-refractivity contribution in [3.8, 4) is 0 Å². The van der Waals surface area contributed by atoms with Crippen molar-refractivity contribution in [2.45, 2.75) is 32.9 Å². The predicted octanol–water partition coefficient (Wildman–Crippen LogP) is 4.84. The fourth-order valence-electron chi connectivity index (χ4n) is 1.78. The van der Waals surface area contributed by atoms with E-state index in [0.717, 1.165) is 6.07 Å². The van der Waals surface area contributed by atoms with Crippen molar-refractivity contribution in [1.82, 2.24) is 4.98 Å². The van der Waals surface area contributed by atoms with E-state index in [9.17, 15) is 22.0 Å². The molecule has 112 valence electrons. The summed E-state index contributed by atoms with van der Waals surface area (Å²) in [7, 11) is 0. The molecule has 0 aromatic carbocycles. The van der Waals surface area contributed by atoms with Gasteiger partial charge in [-0.15, -0.1) is 12.6 Å². The Balaban J connectivity index is 3.62. The van der Waals surface area contributed by atoms with Crippen molar-refractivity contribution in [1.29, 1.82) is 0 Å².